The molecular weight excluding hydrogens is 236 g/mol. The maximum atomic E-state index is 11.0. The minimum absolute atomic E-state index is 0.145. The Kier molecular flexibility index (Phi) is 3.66. The number of nitrogens with two attached hydrogens (primary N) is 2. The molecule has 0 amide bonds. The van der Waals surface area contributed by atoms with Crippen molar-refractivity contribution in [2.75, 3.05) is 7.05 Å². The summed E-state index contributed by atoms with van der Waals surface area (Å²) in [6, 6.07) is 3.15. The van der Waals surface area contributed by atoms with Crippen molar-refractivity contribution in [1.29, 1.82) is 0 Å². The van der Waals surface area contributed by atoms with Crippen molar-refractivity contribution >= 4 is 27.3 Å². The van der Waals surface area contributed by atoms with Gasteiger partial charge in [-0.05, 0) is 12.1 Å². The second kappa shape index (κ2) is 4.60. The molecular formula is C7H12N4O2S2. The third kappa shape index (κ3) is 3.50. The smallest absolute Gasteiger partial charge is 0.247 e. The van der Waals surface area contributed by atoms with Gasteiger partial charge in [-0.15, -0.1) is 11.3 Å². The van der Waals surface area contributed by atoms with E-state index in [9.17, 15) is 8.42 Å². The summed E-state index contributed by atoms with van der Waals surface area (Å²) in [6.07, 6.45) is 0. The predicted octanol–water partition coefficient (Wildman–Crippen LogP) is -0.570. The Labute approximate surface area is 92.1 Å². The number of aliphatic imine (C=N–C) groups is 1. The predicted molar refractivity (Wildman–Crippen MR) is 60.1 cm³/mol. The van der Waals surface area contributed by atoms with Crippen LogP contribution >= 0.6 is 11.3 Å². The van der Waals surface area contributed by atoms with Crippen LogP contribution in [-0.2, 0) is 16.6 Å². The Balaban J connectivity index is 2.70. The first-order chi connectivity index (χ1) is 6.93. The maximum Gasteiger partial charge on any atom is 0.247 e. The molecule has 5 N–H and O–H groups in total. The first kappa shape index (κ1) is 12.0. The second-order valence-corrected chi connectivity index (χ2v) is 5.68. The lowest BCUT2D eigenvalue weighted by Crippen LogP contribution is -2.30. The molecule has 1 aromatic heterocycles. The number of hydrogen-bond acceptors (Lipinski definition) is 4. The summed E-state index contributed by atoms with van der Waals surface area (Å²) in [5, 5.41) is 7.78. The van der Waals surface area contributed by atoms with Gasteiger partial charge in [0.2, 0.25) is 10.0 Å². The summed E-state index contributed by atoms with van der Waals surface area (Å²) in [5.74, 6) is 0.306. The molecule has 6 nitrogen and oxygen atoms in total. The molecule has 0 fully saturated rings. The molecule has 0 spiro atoms. The molecule has 1 heterocycles. The molecule has 0 aliphatic rings. The van der Waals surface area contributed by atoms with Gasteiger partial charge in [0.25, 0.3) is 0 Å². The van der Waals surface area contributed by atoms with Crippen molar-refractivity contribution in [2.24, 2.45) is 15.9 Å². The van der Waals surface area contributed by atoms with E-state index in [0.29, 0.717) is 12.5 Å². The molecule has 0 atom stereocenters. The van der Waals surface area contributed by atoms with Gasteiger partial charge in [0.05, 0.1) is 6.54 Å². The lowest BCUT2D eigenvalue weighted by atomic mass is 10.5. The zero-order valence-corrected chi connectivity index (χ0v) is 9.73. The van der Waals surface area contributed by atoms with Gasteiger partial charge < -0.3 is 11.1 Å². The monoisotopic (exact) mass is 248 g/mol. The molecule has 15 heavy (non-hydrogen) atoms. The van der Waals surface area contributed by atoms with Crippen LogP contribution in [0.25, 0.3) is 0 Å². The van der Waals surface area contributed by atoms with Crippen molar-refractivity contribution in [3.8, 4) is 0 Å². The lowest BCUT2D eigenvalue weighted by molar-refractivity contribution is 0.600. The van der Waals surface area contributed by atoms with Gasteiger partial charge in [0, 0.05) is 11.9 Å². The van der Waals surface area contributed by atoms with Crippen LogP contribution in [0.5, 0.6) is 0 Å². The first-order valence-corrected chi connectivity index (χ1v) is 6.37. The molecule has 0 aliphatic heterocycles. The van der Waals surface area contributed by atoms with Crippen molar-refractivity contribution in [2.45, 2.75) is 10.8 Å². The zero-order valence-electron chi connectivity index (χ0n) is 8.10. The number of nitrogens with zero attached hydrogens (tertiary/aromatic N) is 1. The van der Waals surface area contributed by atoms with E-state index in [0.717, 1.165) is 16.2 Å². The summed E-state index contributed by atoms with van der Waals surface area (Å²) in [5.41, 5.74) is 5.41. The summed E-state index contributed by atoms with van der Waals surface area (Å²) < 4.78 is 22.1. The van der Waals surface area contributed by atoms with Crippen molar-refractivity contribution < 1.29 is 8.42 Å². The maximum absolute atomic E-state index is 11.0. The summed E-state index contributed by atoms with van der Waals surface area (Å²) in [4.78, 5) is 4.53. The van der Waals surface area contributed by atoms with Gasteiger partial charge in [-0.25, -0.2) is 13.6 Å². The number of sulfonamides is 1. The highest BCUT2D eigenvalue weighted by atomic mass is 32.2. The Bertz CT molecular complexity index is 463. The molecule has 0 unspecified atom stereocenters. The van der Waals surface area contributed by atoms with Crippen LogP contribution in [0.4, 0.5) is 0 Å². The fourth-order valence-corrected chi connectivity index (χ4v) is 2.58. The molecule has 1 rings (SSSR count). The van der Waals surface area contributed by atoms with Crippen LogP contribution in [0.2, 0.25) is 0 Å². The highest BCUT2D eigenvalue weighted by molar-refractivity contribution is 7.91. The fraction of sp³-hybridized carbons (Fsp3) is 0.286. The minimum atomic E-state index is -3.60. The SMILES string of the molecule is CN=C(N)NCc1ccc(S(N)(=O)=O)s1. The number of nitrogens with one attached hydrogen (secondary N) is 1. The number of rotatable bonds is 3. The highest BCUT2D eigenvalue weighted by Gasteiger charge is 2.10. The van der Waals surface area contributed by atoms with Crippen molar-refractivity contribution in [3.63, 3.8) is 0 Å². The average Bonchev–Trinajstić information content (AvgIpc) is 2.61. The molecule has 0 saturated carbocycles. The number of hydrogen-bond donors (Lipinski definition) is 3. The third-order valence-electron chi connectivity index (χ3n) is 1.60. The van der Waals surface area contributed by atoms with E-state index in [1.165, 1.54) is 6.07 Å². The largest absolute Gasteiger partial charge is 0.370 e. The molecule has 0 saturated heterocycles. The van der Waals surface area contributed by atoms with E-state index in [1.807, 2.05) is 0 Å². The number of guanidine groups is 1. The second-order valence-electron chi connectivity index (χ2n) is 2.73. The first-order valence-electron chi connectivity index (χ1n) is 4.01. The Morgan fingerprint density at radius 3 is 2.73 bits per heavy atom. The van der Waals surface area contributed by atoms with Gasteiger partial charge >= 0.3 is 0 Å². The van der Waals surface area contributed by atoms with Crippen LogP contribution in [0.1, 0.15) is 4.88 Å². The van der Waals surface area contributed by atoms with Gasteiger partial charge in [-0.2, -0.15) is 0 Å². The minimum Gasteiger partial charge on any atom is -0.370 e. The summed E-state index contributed by atoms with van der Waals surface area (Å²) >= 11 is 1.11. The van der Waals surface area contributed by atoms with E-state index in [2.05, 4.69) is 10.3 Å². The lowest BCUT2D eigenvalue weighted by Gasteiger charge is -2.01. The van der Waals surface area contributed by atoms with Gasteiger partial charge in [-0.1, -0.05) is 0 Å². The standard InChI is InChI=1S/C7H12N4O2S2/c1-10-7(8)11-4-5-2-3-6(14-5)15(9,12)13/h2-3H,4H2,1H3,(H3,8,10,11)(H2,9,12,13). The molecule has 8 heteroatoms. The molecule has 84 valence electrons. The third-order valence-corrected chi connectivity index (χ3v) is 4.13. The van der Waals surface area contributed by atoms with Gasteiger partial charge in [0.15, 0.2) is 5.96 Å². The van der Waals surface area contributed by atoms with E-state index >= 15 is 0 Å². The van der Waals surface area contributed by atoms with Crippen molar-refractivity contribution in [3.05, 3.63) is 17.0 Å². The van der Waals surface area contributed by atoms with Gasteiger partial charge in [-0.3, -0.25) is 4.99 Å². The zero-order chi connectivity index (χ0) is 11.5. The molecule has 0 aliphatic carbocycles. The van der Waals surface area contributed by atoms with Gasteiger partial charge in [0.1, 0.15) is 4.21 Å². The number of thiophene rings is 1. The Morgan fingerprint density at radius 1 is 1.60 bits per heavy atom. The van der Waals surface area contributed by atoms with Crippen LogP contribution < -0.4 is 16.2 Å². The molecule has 0 bridgehead atoms. The summed E-state index contributed by atoms with van der Waals surface area (Å²) in [6.45, 7) is 0.434. The van der Waals surface area contributed by atoms with Crippen molar-refractivity contribution in [1.82, 2.24) is 5.32 Å². The number of primary sulfonamides is 1. The Morgan fingerprint density at radius 2 is 2.27 bits per heavy atom. The quantitative estimate of drug-likeness (QED) is 0.491. The van der Waals surface area contributed by atoms with Crippen LogP contribution in [0.3, 0.4) is 0 Å². The molecule has 1 aromatic rings. The molecule has 0 aromatic carbocycles. The highest BCUT2D eigenvalue weighted by Crippen LogP contribution is 2.19. The van der Waals surface area contributed by atoms with Crippen LogP contribution in [0.15, 0.2) is 21.3 Å². The topological polar surface area (TPSA) is 111 Å². The van der Waals surface area contributed by atoms with E-state index in [-0.39, 0.29) is 4.21 Å². The Hall–Kier alpha value is -1.12. The average molecular weight is 248 g/mol. The fourth-order valence-electron chi connectivity index (χ4n) is 0.863. The van der Waals surface area contributed by atoms with E-state index in [1.54, 1.807) is 13.1 Å². The van der Waals surface area contributed by atoms with E-state index in [4.69, 9.17) is 10.9 Å². The van der Waals surface area contributed by atoms with Crippen LogP contribution in [0, 0.1) is 0 Å². The molecule has 0 radical (unpaired) electrons. The van der Waals surface area contributed by atoms with E-state index < -0.39 is 10.0 Å². The normalized spacial score (nSPS) is 12.8. The summed E-state index contributed by atoms with van der Waals surface area (Å²) in [7, 11) is -2.03. The van der Waals surface area contributed by atoms with Crippen LogP contribution in [-0.4, -0.2) is 21.4 Å².